The van der Waals surface area contributed by atoms with Crippen molar-refractivity contribution >= 4 is 29.1 Å². The monoisotopic (exact) mass is 388 g/mol. The lowest BCUT2D eigenvalue weighted by molar-refractivity contribution is -0.132. The normalized spacial score (nSPS) is 12.4. The molecule has 6 nitrogen and oxygen atoms in total. The van der Waals surface area contributed by atoms with Gasteiger partial charge in [0.05, 0.1) is 18.0 Å². The van der Waals surface area contributed by atoms with Crippen LogP contribution in [0.3, 0.4) is 0 Å². The molecule has 1 heterocycles. The molecule has 0 fully saturated rings. The molecule has 1 aliphatic heterocycles. The van der Waals surface area contributed by atoms with Crippen LogP contribution in [0.4, 0.5) is 5.69 Å². The smallest absolute Gasteiger partial charge is 0.243 e. The van der Waals surface area contributed by atoms with E-state index in [1.165, 1.54) is 4.90 Å². The standard InChI is InChI=1S/C20H21ClN2O4/c1-13-3-5-15(6-4-13)22-18(24)12-23(2)19(25)11-14-9-16(21)20-17(10-14)26-7-8-27-20/h3-6,9-10H,7-8,11-12H2,1-2H3,(H,22,24). The molecule has 142 valence electrons. The summed E-state index contributed by atoms with van der Waals surface area (Å²) < 4.78 is 11.0. The SMILES string of the molecule is Cc1ccc(NC(=O)CN(C)C(=O)Cc2cc(Cl)c3c(c2)OCCO3)cc1. The topological polar surface area (TPSA) is 67.9 Å². The van der Waals surface area contributed by atoms with Crippen LogP contribution in [0.15, 0.2) is 36.4 Å². The maximum Gasteiger partial charge on any atom is 0.243 e. The zero-order valence-electron chi connectivity index (χ0n) is 15.3. The second-order valence-corrected chi connectivity index (χ2v) is 6.85. The third-order valence-electron chi connectivity index (χ3n) is 4.15. The van der Waals surface area contributed by atoms with Gasteiger partial charge in [-0.15, -0.1) is 0 Å². The fourth-order valence-electron chi connectivity index (χ4n) is 2.72. The van der Waals surface area contributed by atoms with E-state index in [0.29, 0.717) is 41.0 Å². The van der Waals surface area contributed by atoms with Gasteiger partial charge in [-0.3, -0.25) is 9.59 Å². The quantitative estimate of drug-likeness (QED) is 0.854. The third kappa shape index (κ3) is 4.92. The molecule has 0 bridgehead atoms. The lowest BCUT2D eigenvalue weighted by atomic mass is 10.1. The molecule has 2 aromatic carbocycles. The zero-order valence-corrected chi connectivity index (χ0v) is 16.0. The third-order valence-corrected chi connectivity index (χ3v) is 4.43. The largest absolute Gasteiger partial charge is 0.486 e. The number of fused-ring (bicyclic) bond motifs is 1. The van der Waals surface area contributed by atoms with Crippen molar-refractivity contribution in [1.29, 1.82) is 0 Å². The Morgan fingerprint density at radius 3 is 2.59 bits per heavy atom. The summed E-state index contributed by atoms with van der Waals surface area (Å²) in [6.07, 6.45) is 0.116. The number of hydrogen-bond acceptors (Lipinski definition) is 4. The van der Waals surface area contributed by atoms with Crippen molar-refractivity contribution < 1.29 is 19.1 Å². The molecule has 27 heavy (non-hydrogen) atoms. The van der Waals surface area contributed by atoms with Crippen molar-refractivity contribution in [2.24, 2.45) is 0 Å². The number of ether oxygens (including phenoxy) is 2. The summed E-state index contributed by atoms with van der Waals surface area (Å²) in [4.78, 5) is 26.0. The van der Waals surface area contributed by atoms with E-state index < -0.39 is 0 Å². The van der Waals surface area contributed by atoms with Gasteiger partial charge in [-0.25, -0.2) is 0 Å². The van der Waals surface area contributed by atoms with Gasteiger partial charge in [0.15, 0.2) is 11.5 Å². The Morgan fingerprint density at radius 1 is 1.15 bits per heavy atom. The maximum absolute atomic E-state index is 12.5. The lowest BCUT2D eigenvalue weighted by Crippen LogP contribution is -2.35. The van der Waals surface area contributed by atoms with E-state index in [0.717, 1.165) is 5.56 Å². The van der Waals surface area contributed by atoms with E-state index in [1.807, 2.05) is 31.2 Å². The number of aryl methyl sites for hydroxylation is 1. The van der Waals surface area contributed by atoms with Crippen LogP contribution in [0.1, 0.15) is 11.1 Å². The van der Waals surface area contributed by atoms with E-state index in [1.54, 1.807) is 19.2 Å². The molecule has 1 N–H and O–H groups in total. The van der Waals surface area contributed by atoms with Gasteiger partial charge >= 0.3 is 0 Å². The van der Waals surface area contributed by atoms with E-state index in [-0.39, 0.29) is 24.8 Å². The van der Waals surface area contributed by atoms with E-state index in [2.05, 4.69) is 5.32 Å². The van der Waals surface area contributed by atoms with Gasteiger partial charge in [-0.1, -0.05) is 29.3 Å². The van der Waals surface area contributed by atoms with Crippen LogP contribution in [0.2, 0.25) is 5.02 Å². The lowest BCUT2D eigenvalue weighted by Gasteiger charge is -2.21. The fraction of sp³-hybridized carbons (Fsp3) is 0.300. The summed E-state index contributed by atoms with van der Waals surface area (Å²) in [7, 11) is 1.59. The van der Waals surface area contributed by atoms with E-state index in [4.69, 9.17) is 21.1 Å². The van der Waals surface area contributed by atoms with Crippen LogP contribution in [0.25, 0.3) is 0 Å². The number of anilines is 1. The van der Waals surface area contributed by atoms with Crippen LogP contribution >= 0.6 is 11.6 Å². The Bertz CT molecular complexity index is 852. The Hall–Kier alpha value is -2.73. The van der Waals surface area contributed by atoms with Gasteiger partial charge in [-0.2, -0.15) is 0 Å². The van der Waals surface area contributed by atoms with Crippen molar-refractivity contribution in [1.82, 2.24) is 4.90 Å². The highest BCUT2D eigenvalue weighted by molar-refractivity contribution is 6.32. The minimum Gasteiger partial charge on any atom is -0.486 e. The minimum absolute atomic E-state index is 0.0367. The first-order valence-electron chi connectivity index (χ1n) is 8.61. The minimum atomic E-state index is -0.255. The first-order chi connectivity index (χ1) is 12.9. The Labute approximate surface area is 163 Å². The van der Waals surface area contributed by atoms with Gasteiger partial charge in [-0.05, 0) is 36.8 Å². The van der Waals surface area contributed by atoms with Gasteiger partial charge in [0.1, 0.15) is 13.2 Å². The molecule has 2 aromatic rings. The summed E-state index contributed by atoms with van der Waals surface area (Å²) in [5.41, 5.74) is 2.52. The number of carbonyl (C=O) groups is 2. The van der Waals surface area contributed by atoms with Crippen LogP contribution in [-0.4, -0.2) is 43.5 Å². The number of nitrogens with zero attached hydrogens (tertiary/aromatic N) is 1. The van der Waals surface area contributed by atoms with Gasteiger partial charge in [0, 0.05) is 12.7 Å². The maximum atomic E-state index is 12.5. The van der Waals surface area contributed by atoms with Crippen LogP contribution in [0.5, 0.6) is 11.5 Å². The van der Waals surface area contributed by atoms with Gasteiger partial charge in [0.2, 0.25) is 11.8 Å². The summed E-state index contributed by atoms with van der Waals surface area (Å²) in [6, 6.07) is 10.9. The molecule has 0 saturated heterocycles. The average molecular weight is 389 g/mol. The number of halogens is 1. The van der Waals surface area contributed by atoms with Crippen molar-refractivity contribution in [3.05, 3.63) is 52.5 Å². The number of likely N-dealkylation sites (N-methyl/N-ethyl adjacent to an activating group) is 1. The highest BCUT2D eigenvalue weighted by Gasteiger charge is 2.19. The number of nitrogens with one attached hydrogen (secondary N) is 1. The molecular formula is C20H21ClN2O4. The molecule has 0 spiro atoms. The summed E-state index contributed by atoms with van der Waals surface area (Å²) in [5, 5.41) is 3.19. The molecule has 0 saturated carbocycles. The predicted octanol–water partition coefficient (Wildman–Crippen LogP) is 3.06. The van der Waals surface area contributed by atoms with Crippen molar-refractivity contribution in [2.45, 2.75) is 13.3 Å². The van der Waals surface area contributed by atoms with Crippen LogP contribution in [0, 0.1) is 6.92 Å². The van der Waals surface area contributed by atoms with Gasteiger partial charge in [0.25, 0.3) is 0 Å². The molecule has 2 amide bonds. The molecule has 0 radical (unpaired) electrons. The highest BCUT2D eigenvalue weighted by Crippen LogP contribution is 2.38. The van der Waals surface area contributed by atoms with E-state index >= 15 is 0 Å². The first-order valence-corrected chi connectivity index (χ1v) is 8.98. The first kappa shape index (κ1) is 19.0. The predicted molar refractivity (Wildman–Crippen MR) is 104 cm³/mol. The molecule has 7 heteroatoms. The number of benzene rings is 2. The molecule has 0 atom stereocenters. The number of carbonyl (C=O) groups excluding carboxylic acids is 2. The van der Waals surface area contributed by atoms with E-state index in [9.17, 15) is 9.59 Å². The highest BCUT2D eigenvalue weighted by atomic mass is 35.5. The Morgan fingerprint density at radius 2 is 1.85 bits per heavy atom. The summed E-state index contributed by atoms with van der Waals surface area (Å²) >= 11 is 6.20. The van der Waals surface area contributed by atoms with Gasteiger partial charge < -0.3 is 19.7 Å². The van der Waals surface area contributed by atoms with Crippen molar-refractivity contribution in [2.75, 3.05) is 32.1 Å². The van der Waals surface area contributed by atoms with Crippen molar-refractivity contribution in [3.63, 3.8) is 0 Å². The Kier molecular flexibility index (Phi) is 5.86. The van der Waals surface area contributed by atoms with Crippen LogP contribution in [-0.2, 0) is 16.0 Å². The zero-order chi connectivity index (χ0) is 19.4. The molecule has 3 rings (SSSR count). The molecule has 0 aliphatic carbocycles. The summed E-state index contributed by atoms with van der Waals surface area (Å²) in [5.74, 6) is 0.595. The second kappa shape index (κ2) is 8.31. The Balaban J connectivity index is 1.58. The fourth-order valence-corrected chi connectivity index (χ4v) is 3.00. The second-order valence-electron chi connectivity index (χ2n) is 6.44. The molecule has 0 aromatic heterocycles. The molecular weight excluding hydrogens is 368 g/mol. The number of rotatable bonds is 5. The average Bonchev–Trinajstić information content (AvgIpc) is 2.63. The number of amides is 2. The number of hydrogen-bond donors (Lipinski definition) is 1. The molecule has 0 unspecified atom stereocenters. The van der Waals surface area contributed by atoms with Crippen molar-refractivity contribution in [3.8, 4) is 11.5 Å². The van der Waals surface area contributed by atoms with Crippen LogP contribution < -0.4 is 14.8 Å². The molecule has 1 aliphatic rings. The summed E-state index contributed by atoms with van der Waals surface area (Å²) in [6.45, 7) is 2.83.